The van der Waals surface area contributed by atoms with Crippen LogP contribution in [0, 0.1) is 13.8 Å². The summed E-state index contributed by atoms with van der Waals surface area (Å²) in [7, 11) is 0. The summed E-state index contributed by atoms with van der Waals surface area (Å²) in [6.07, 6.45) is 0.886. The largest absolute Gasteiger partial charge is 0.354 e. The number of nitrogens with zero attached hydrogens (tertiary/aromatic N) is 1. The summed E-state index contributed by atoms with van der Waals surface area (Å²) in [5, 5.41) is 2.46. The first-order valence-corrected chi connectivity index (χ1v) is 18.5. The Morgan fingerprint density at radius 1 is 0.472 bits per heavy atom. The summed E-state index contributed by atoms with van der Waals surface area (Å²) in [5.41, 5.74) is 21.0. The Labute approximate surface area is 310 Å². The van der Waals surface area contributed by atoms with Gasteiger partial charge in [0.1, 0.15) is 0 Å². The second kappa shape index (κ2) is 12.5. The molecule has 0 atom stereocenters. The van der Waals surface area contributed by atoms with Gasteiger partial charge in [-0.1, -0.05) is 158 Å². The van der Waals surface area contributed by atoms with E-state index in [0.717, 1.165) is 28.8 Å². The molecule has 1 aliphatic rings. The van der Waals surface area contributed by atoms with E-state index in [1.807, 2.05) is 0 Å². The quantitative estimate of drug-likeness (QED) is 0.185. The van der Waals surface area contributed by atoms with Crippen LogP contribution in [-0.2, 0) is 6.42 Å². The fourth-order valence-corrected chi connectivity index (χ4v) is 8.65. The van der Waals surface area contributed by atoms with Crippen LogP contribution in [0.3, 0.4) is 0 Å². The Balaban J connectivity index is 1.36. The molecule has 0 radical (unpaired) electrons. The molecule has 0 saturated heterocycles. The van der Waals surface area contributed by atoms with Gasteiger partial charge in [-0.3, -0.25) is 0 Å². The number of hydrogen-bond donors (Lipinski definition) is 1. The molecule has 0 amide bonds. The fraction of sp³-hybridized carbons (Fsp3) is 0.0588. The van der Waals surface area contributed by atoms with E-state index < -0.39 is 0 Å². The molecule has 9 aromatic rings. The molecule has 53 heavy (non-hydrogen) atoms. The topological polar surface area (TPSA) is 19.0 Å². The van der Waals surface area contributed by atoms with E-state index in [2.05, 4.69) is 200 Å². The number of aromatic nitrogens is 1. The lowest BCUT2D eigenvalue weighted by Crippen LogP contribution is -2.17. The molecule has 1 N–H and O–H groups in total. The number of benzene rings is 8. The minimum atomic E-state index is 0.886. The molecular weight excluding hydrogens is 641 g/mol. The minimum absolute atomic E-state index is 0.886. The lowest BCUT2D eigenvalue weighted by atomic mass is 9.89. The minimum Gasteiger partial charge on any atom is -0.354 e. The standard InChI is InChI=1S/C51H38N2/c1-33-31-44-38-22-10-9-21-37(38)32-45(44)51(34(33)2)53(47-29-14-12-23-39(47)35-17-5-3-6-18-35)48-30-16-25-40(36-19-7-4-8-20-36)49(48)43-27-15-26-42-41-24-11-13-28-46(41)52-50(42)43/h3-31,52H,32H2,1-2H3. The Morgan fingerprint density at radius 2 is 1.06 bits per heavy atom. The highest BCUT2D eigenvalue weighted by Crippen LogP contribution is 2.53. The van der Waals surface area contributed by atoms with Gasteiger partial charge in [0.15, 0.2) is 0 Å². The van der Waals surface area contributed by atoms with Crippen LogP contribution in [0.1, 0.15) is 22.3 Å². The number of fused-ring (bicyclic) bond motifs is 6. The van der Waals surface area contributed by atoms with Gasteiger partial charge in [0.25, 0.3) is 0 Å². The first-order valence-electron chi connectivity index (χ1n) is 18.5. The van der Waals surface area contributed by atoms with E-state index >= 15 is 0 Å². The van der Waals surface area contributed by atoms with Gasteiger partial charge in [-0.15, -0.1) is 0 Å². The van der Waals surface area contributed by atoms with Crippen molar-refractivity contribution in [2.24, 2.45) is 0 Å². The Morgan fingerprint density at radius 3 is 1.87 bits per heavy atom. The number of para-hydroxylation sites is 3. The molecule has 8 aromatic carbocycles. The molecule has 0 fully saturated rings. The molecule has 2 nitrogen and oxygen atoms in total. The fourth-order valence-electron chi connectivity index (χ4n) is 8.65. The van der Waals surface area contributed by atoms with Crippen LogP contribution in [0.5, 0.6) is 0 Å². The van der Waals surface area contributed by atoms with Crippen LogP contribution in [0.2, 0.25) is 0 Å². The third kappa shape index (κ3) is 5.02. The monoisotopic (exact) mass is 678 g/mol. The van der Waals surface area contributed by atoms with Gasteiger partial charge < -0.3 is 9.88 Å². The second-order valence-corrected chi connectivity index (χ2v) is 14.2. The number of aromatic amines is 1. The Bertz CT molecular complexity index is 2830. The summed E-state index contributed by atoms with van der Waals surface area (Å²) < 4.78 is 0. The maximum Gasteiger partial charge on any atom is 0.0547 e. The smallest absolute Gasteiger partial charge is 0.0547 e. The highest BCUT2D eigenvalue weighted by Gasteiger charge is 2.31. The molecule has 252 valence electrons. The average Bonchev–Trinajstić information content (AvgIpc) is 3.78. The zero-order valence-corrected chi connectivity index (χ0v) is 29.9. The van der Waals surface area contributed by atoms with E-state index in [0.29, 0.717) is 0 Å². The van der Waals surface area contributed by atoms with E-state index in [9.17, 15) is 0 Å². The van der Waals surface area contributed by atoms with Crippen molar-refractivity contribution in [1.82, 2.24) is 4.98 Å². The van der Waals surface area contributed by atoms with Gasteiger partial charge in [-0.25, -0.2) is 0 Å². The van der Waals surface area contributed by atoms with Gasteiger partial charge in [0.05, 0.1) is 22.6 Å². The van der Waals surface area contributed by atoms with Crippen molar-refractivity contribution < 1.29 is 0 Å². The molecule has 2 heteroatoms. The van der Waals surface area contributed by atoms with E-state index in [4.69, 9.17) is 0 Å². The zero-order valence-electron chi connectivity index (χ0n) is 29.9. The Kier molecular flexibility index (Phi) is 7.37. The molecule has 10 rings (SSSR count). The normalized spacial score (nSPS) is 11.9. The van der Waals surface area contributed by atoms with Gasteiger partial charge in [-0.2, -0.15) is 0 Å². The average molecular weight is 679 g/mol. The van der Waals surface area contributed by atoms with Crippen molar-refractivity contribution in [1.29, 1.82) is 0 Å². The van der Waals surface area contributed by atoms with Crippen LogP contribution >= 0.6 is 0 Å². The highest BCUT2D eigenvalue weighted by molar-refractivity contribution is 6.15. The van der Waals surface area contributed by atoms with Gasteiger partial charge in [0, 0.05) is 39.4 Å². The van der Waals surface area contributed by atoms with Crippen LogP contribution in [0.25, 0.3) is 66.3 Å². The summed E-state index contributed by atoms with van der Waals surface area (Å²) in [5.74, 6) is 0. The number of anilines is 3. The predicted molar refractivity (Wildman–Crippen MR) is 225 cm³/mol. The van der Waals surface area contributed by atoms with Gasteiger partial charge in [-0.05, 0) is 82.1 Å². The molecule has 1 aliphatic carbocycles. The van der Waals surface area contributed by atoms with Crippen molar-refractivity contribution in [3.8, 4) is 44.5 Å². The van der Waals surface area contributed by atoms with Crippen LogP contribution in [0.4, 0.5) is 17.1 Å². The SMILES string of the molecule is Cc1cc2c(c(N(c3ccccc3-c3ccccc3)c3cccc(-c4ccccc4)c3-c3cccc4c3[nH]c3ccccc34)c1C)Cc1ccccc1-2. The molecular formula is C51H38N2. The van der Waals surface area contributed by atoms with Crippen LogP contribution in [0.15, 0.2) is 176 Å². The third-order valence-corrected chi connectivity index (χ3v) is 11.2. The zero-order chi connectivity index (χ0) is 35.5. The number of nitrogens with one attached hydrogen (secondary N) is 1. The molecule has 0 bridgehead atoms. The van der Waals surface area contributed by atoms with E-state index in [1.165, 1.54) is 83.2 Å². The summed E-state index contributed by atoms with van der Waals surface area (Å²) in [6.45, 7) is 4.58. The highest BCUT2D eigenvalue weighted by atomic mass is 15.2. The maximum absolute atomic E-state index is 3.86. The number of hydrogen-bond acceptors (Lipinski definition) is 1. The van der Waals surface area contributed by atoms with Crippen LogP contribution in [-0.4, -0.2) is 4.98 Å². The summed E-state index contributed by atoms with van der Waals surface area (Å²) in [6, 6.07) is 64.3. The van der Waals surface area contributed by atoms with Crippen molar-refractivity contribution in [2.75, 3.05) is 4.90 Å². The summed E-state index contributed by atoms with van der Waals surface area (Å²) in [4.78, 5) is 6.46. The maximum atomic E-state index is 3.86. The molecule has 0 aliphatic heterocycles. The number of aryl methyl sites for hydroxylation is 1. The number of H-pyrrole nitrogens is 1. The summed E-state index contributed by atoms with van der Waals surface area (Å²) >= 11 is 0. The predicted octanol–water partition coefficient (Wildman–Crippen LogP) is 14.0. The van der Waals surface area contributed by atoms with Crippen molar-refractivity contribution in [2.45, 2.75) is 20.3 Å². The second-order valence-electron chi connectivity index (χ2n) is 14.2. The first-order chi connectivity index (χ1) is 26.2. The molecule has 1 aromatic heterocycles. The molecule has 1 heterocycles. The van der Waals surface area contributed by atoms with Crippen LogP contribution < -0.4 is 4.90 Å². The van der Waals surface area contributed by atoms with E-state index in [-0.39, 0.29) is 0 Å². The van der Waals surface area contributed by atoms with Gasteiger partial charge >= 0.3 is 0 Å². The lowest BCUT2D eigenvalue weighted by molar-refractivity contribution is 1.16. The van der Waals surface area contributed by atoms with Crippen molar-refractivity contribution >= 4 is 38.9 Å². The molecule has 0 saturated carbocycles. The van der Waals surface area contributed by atoms with Gasteiger partial charge in [0.2, 0.25) is 0 Å². The lowest BCUT2D eigenvalue weighted by Gasteiger charge is -2.34. The number of rotatable bonds is 6. The van der Waals surface area contributed by atoms with Crippen molar-refractivity contribution in [3.63, 3.8) is 0 Å². The Hall–Kier alpha value is -6.64. The molecule has 0 unspecified atom stereocenters. The third-order valence-electron chi connectivity index (χ3n) is 11.2. The molecule has 0 spiro atoms. The first kappa shape index (κ1) is 31.1. The van der Waals surface area contributed by atoms with Crippen molar-refractivity contribution in [3.05, 3.63) is 198 Å². The van der Waals surface area contributed by atoms with E-state index in [1.54, 1.807) is 0 Å².